The van der Waals surface area contributed by atoms with Crippen LogP contribution in [0.15, 0.2) is 0 Å². The number of rotatable bonds is 5. The number of likely N-dealkylation sites (N-methyl/N-ethyl adjacent to an activating group) is 1. The van der Waals surface area contributed by atoms with Gasteiger partial charge in [-0.25, -0.2) is 4.79 Å². The second-order valence-electron chi connectivity index (χ2n) is 5.42. The van der Waals surface area contributed by atoms with Crippen LogP contribution < -0.4 is 0 Å². The highest BCUT2D eigenvalue weighted by Crippen LogP contribution is 2.48. The summed E-state index contributed by atoms with van der Waals surface area (Å²) in [5.41, 5.74) is -0.929. The summed E-state index contributed by atoms with van der Waals surface area (Å²) in [7, 11) is 0. The van der Waals surface area contributed by atoms with Crippen LogP contribution in [0, 0.1) is 11.8 Å². The quantitative estimate of drug-likeness (QED) is 0.745. The molecule has 2 rings (SSSR count). The van der Waals surface area contributed by atoms with Crippen molar-refractivity contribution >= 4 is 12.4 Å². The van der Waals surface area contributed by atoms with E-state index in [1.165, 1.54) is 17.7 Å². The monoisotopic (exact) mass is 239 g/mol. The molecular weight excluding hydrogens is 218 g/mol. The van der Waals surface area contributed by atoms with Crippen LogP contribution >= 0.6 is 0 Å². The van der Waals surface area contributed by atoms with Crippen molar-refractivity contribution in [2.24, 2.45) is 11.8 Å². The Morgan fingerprint density at radius 3 is 2.59 bits per heavy atom. The molecule has 0 aromatic carbocycles. The van der Waals surface area contributed by atoms with Crippen LogP contribution in [0.5, 0.6) is 0 Å². The summed E-state index contributed by atoms with van der Waals surface area (Å²) in [5.74, 6) is 0.407. The van der Waals surface area contributed by atoms with Gasteiger partial charge in [-0.2, -0.15) is 0 Å². The lowest BCUT2D eigenvalue weighted by Gasteiger charge is -2.43. The normalized spacial score (nSPS) is 33.1. The molecule has 0 heterocycles. The van der Waals surface area contributed by atoms with Gasteiger partial charge < -0.3 is 10.0 Å². The van der Waals surface area contributed by atoms with Gasteiger partial charge in [0.1, 0.15) is 5.54 Å². The van der Waals surface area contributed by atoms with Crippen LogP contribution in [0.4, 0.5) is 0 Å². The van der Waals surface area contributed by atoms with Gasteiger partial charge in [0.05, 0.1) is 0 Å². The second kappa shape index (κ2) is 4.67. The lowest BCUT2D eigenvalue weighted by molar-refractivity contribution is -0.159. The molecule has 4 heteroatoms. The first-order chi connectivity index (χ1) is 8.14. The number of nitrogens with zero attached hydrogens (tertiary/aromatic N) is 1. The zero-order valence-corrected chi connectivity index (χ0v) is 10.4. The van der Waals surface area contributed by atoms with Gasteiger partial charge in [0, 0.05) is 6.54 Å². The highest BCUT2D eigenvalue weighted by molar-refractivity contribution is 5.81. The van der Waals surface area contributed by atoms with Gasteiger partial charge in [0.25, 0.3) is 0 Å². The second-order valence-corrected chi connectivity index (χ2v) is 5.42. The van der Waals surface area contributed by atoms with Crippen molar-refractivity contribution in [3.05, 3.63) is 0 Å². The molecule has 96 valence electrons. The average Bonchev–Trinajstić information content (AvgIpc) is 3.14. The SMILES string of the molecule is CCN(C=O)C1(C(=O)O)CCCC(C2CC2)C1. The third-order valence-corrected chi connectivity index (χ3v) is 4.47. The number of carbonyl (C=O) groups is 2. The molecule has 0 saturated heterocycles. The fourth-order valence-electron chi connectivity index (χ4n) is 3.32. The molecule has 4 nitrogen and oxygen atoms in total. The van der Waals surface area contributed by atoms with Crippen LogP contribution in [0.1, 0.15) is 45.4 Å². The Balaban J connectivity index is 2.19. The summed E-state index contributed by atoms with van der Waals surface area (Å²) in [4.78, 5) is 24.2. The summed E-state index contributed by atoms with van der Waals surface area (Å²) >= 11 is 0. The molecule has 2 atom stereocenters. The molecule has 2 aliphatic carbocycles. The first-order valence-electron chi connectivity index (χ1n) is 6.59. The van der Waals surface area contributed by atoms with E-state index in [1.807, 2.05) is 6.92 Å². The van der Waals surface area contributed by atoms with Gasteiger partial charge in [0.15, 0.2) is 0 Å². The van der Waals surface area contributed by atoms with Gasteiger partial charge in [-0.05, 0) is 50.9 Å². The molecule has 1 amide bonds. The van der Waals surface area contributed by atoms with Crippen molar-refractivity contribution in [2.75, 3.05) is 6.54 Å². The molecule has 2 saturated carbocycles. The zero-order valence-electron chi connectivity index (χ0n) is 10.4. The Labute approximate surface area is 102 Å². The number of aliphatic carboxylic acids is 1. The molecule has 0 radical (unpaired) electrons. The number of carboxylic acid groups (broad SMARTS) is 1. The standard InChI is InChI=1S/C13H21NO3/c1-2-14(9-15)13(12(16)17)7-3-4-11(8-13)10-5-6-10/h9-11H,2-8H2,1H3,(H,16,17). The van der Waals surface area contributed by atoms with Crippen molar-refractivity contribution in [3.63, 3.8) is 0 Å². The fourth-order valence-corrected chi connectivity index (χ4v) is 3.32. The molecule has 0 bridgehead atoms. The van der Waals surface area contributed by atoms with Crippen molar-refractivity contribution in [1.82, 2.24) is 4.90 Å². The maximum absolute atomic E-state index is 11.6. The number of hydrogen-bond acceptors (Lipinski definition) is 2. The molecule has 0 aromatic rings. The van der Waals surface area contributed by atoms with Crippen molar-refractivity contribution < 1.29 is 14.7 Å². The minimum absolute atomic E-state index is 0.479. The van der Waals surface area contributed by atoms with Crippen LogP contribution in [0.3, 0.4) is 0 Å². The molecule has 2 unspecified atom stereocenters. The van der Waals surface area contributed by atoms with Gasteiger partial charge in [0.2, 0.25) is 6.41 Å². The molecule has 0 aliphatic heterocycles. The van der Waals surface area contributed by atoms with Crippen LogP contribution in [-0.4, -0.2) is 34.5 Å². The summed E-state index contributed by atoms with van der Waals surface area (Å²) in [6, 6.07) is 0. The molecule has 17 heavy (non-hydrogen) atoms. The van der Waals surface area contributed by atoms with E-state index in [9.17, 15) is 14.7 Å². The maximum atomic E-state index is 11.6. The van der Waals surface area contributed by atoms with Crippen LogP contribution in [0.2, 0.25) is 0 Å². The molecule has 1 N–H and O–H groups in total. The van der Waals surface area contributed by atoms with Crippen LogP contribution in [-0.2, 0) is 9.59 Å². The summed E-state index contributed by atoms with van der Waals surface area (Å²) in [6.07, 6.45) is 6.52. The molecule has 0 aromatic heterocycles. The first-order valence-corrected chi connectivity index (χ1v) is 6.59. The third-order valence-electron chi connectivity index (χ3n) is 4.47. The molecule has 2 aliphatic rings. The largest absolute Gasteiger partial charge is 0.479 e. The van der Waals surface area contributed by atoms with Crippen molar-refractivity contribution in [2.45, 2.75) is 51.0 Å². The van der Waals surface area contributed by atoms with Gasteiger partial charge in [-0.15, -0.1) is 0 Å². The van der Waals surface area contributed by atoms with E-state index in [-0.39, 0.29) is 0 Å². The fraction of sp³-hybridized carbons (Fsp3) is 0.846. The summed E-state index contributed by atoms with van der Waals surface area (Å²) in [5, 5.41) is 9.54. The number of carbonyl (C=O) groups excluding carboxylic acids is 1. The van der Waals surface area contributed by atoms with E-state index in [0.717, 1.165) is 18.8 Å². The predicted molar refractivity (Wildman–Crippen MR) is 63.5 cm³/mol. The topological polar surface area (TPSA) is 57.6 Å². The molecule has 2 fully saturated rings. The Kier molecular flexibility index (Phi) is 3.40. The molecular formula is C13H21NO3. The number of hydrogen-bond donors (Lipinski definition) is 1. The number of amides is 1. The van der Waals surface area contributed by atoms with Crippen molar-refractivity contribution in [3.8, 4) is 0 Å². The average molecular weight is 239 g/mol. The highest BCUT2D eigenvalue weighted by atomic mass is 16.4. The number of carboxylic acids is 1. The Bertz CT molecular complexity index is 314. The van der Waals surface area contributed by atoms with Gasteiger partial charge >= 0.3 is 5.97 Å². The van der Waals surface area contributed by atoms with E-state index >= 15 is 0 Å². The van der Waals surface area contributed by atoms with E-state index in [2.05, 4.69) is 0 Å². The lowest BCUT2D eigenvalue weighted by atomic mass is 9.73. The first kappa shape index (κ1) is 12.4. The van der Waals surface area contributed by atoms with Gasteiger partial charge in [-0.3, -0.25) is 4.79 Å². The summed E-state index contributed by atoms with van der Waals surface area (Å²) in [6.45, 7) is 2.33. The van der Waals surface area contributed by atoms with Crippen molar-refractivity contribution in [1.29, 1.82) is 0 Å². The predicted octanol–water partition coefficient (Wildman–Crippen LogP) is 1.89. The van der Waals surface area contributed by atoms with Gasteiger partial charge in [-0.1, -0.05) is 6.42 Å². The summed E-state index contributed by atoms with van der Waals surface area (Å²) < 4.78 is 0. The smallest absolute Gasteiger partial charge is 0.329 e. The Morgan fingerprint density at radius 2 is 2.12 bits per heavy atom. The van der Waals surface area contributed by atoms with E-state index in [0.29, 0.717) is 31.7 Å². The minimum Gasteiger partial charge on any atom is -0.479 e. The van der Waals surface area contributed by atoms with E-state index < -0.39 is 11.5 Å². The maximum Gasteiger partial charge on any atom is 0.329 e. The minimum atomic E-state index is -0.929. The highest BCUT2D eigenvalue weighted by Gasteiger charge is 2.49. The molecule has 0 spiro atoms. The Morgan fingerprint density at radius 1 is 1.41 bits per heavy atom. The lowest BCUT2D eigenvalue weighted by Crippen LogP contribution is -2.56. The van der Waals surface area contributed by atoms with E-state index in [1.54, 1.807) is 0 Å². The zero-order chi connectivity index (χ0) is 12.5. The third kappa shape index (κ3) is 2.17. The van der Waals surface area contributed by atoms with E-state index in [4.69, 9.17) is 0 Å². The van der Waals surface area contributed by atoms with Crippen LogP contribution in [0.25, 0.3) is 0 Å². The Hall–Kier alpha value is -1.06.